The molecule has 0 aromatic carbocycles. The lowest BCUT2D eigenvalue weighted by molar-refractivity contribution is 0.0318. The van der Waals surface area contributed by atoms with E-state index in [0.29, 0.717) is 12.0 Å². The largest absolute Gasteiger partial charge is 0.381 e. The van der Waals surface area contributed by atoms with Gasteiger partial charge in [-0.15, -0.1) is 0 Å². The van der Waals surface area contributed by atoms with Gasteiger partial charge in [0.15, 0.2) is 0 Å². The van der Waals surface area contributed by atoms with Gasteiger partial charge in [-0.05, 0) is 23.7 Å². The fourth-order valence-corrected chi connectivity index (χ4v) is 2.73. The molecule has 17 heavy (non-hydrogen) atoms. The molecule has 104 valence electrons. The highest BCUT2D eigenvalue weighted by Crippen LogP contribution is 2.36. The van der Waals surface area contributed by atoms with Crippen molar-refractivity contribution in [2.24, 2.45) is 10.8 Å². The highest BCUT2D eigenvalue weighted by atomic mass is 16.5. The molecule has 3 heteroatoms. The van der Waals surface area contributed by atoms with Crippen LogP contribution in [0.4, 0.5) is 0 Å². The lowest BCUT2D eigenvalue weighted by Gasteiger charge is -2.35. The molecular formula is C14H31NO2. The molecule has 0 fully saturated rings. The third-order valence-electron chi connectivity index (χ3n) is 3.02. The highest BCUT2D eigenvalue weighted by molar-refractivity contribution is 4.81. The quantitative estimate of drug-likeness (QED) is 0.614. The Kier molecular flexibility index (Phi) is 7.29. The number of hydrogen-bond acceptors (Lipinski definition) is 3. The van der Waals surface area contributed by atoms with E-state index in [0.717, 1.165) is 13.0 Å². The summed E-state index contributed by atoms with van der Waals surface area (Å²) in [6.07, 6.45) is 3.06. The van der Waals surface area contributed by atoms with Crippen molar-refractivity contribution in [1.82, 2.24) is 5.32 Å². The SMILES string of the molecule is CCCC(C)(C)CC(C)(C)CNC(O)COC. The van der Waals surface area contributed by atoms with Crippen LogP contribution in [0, 0.1) is 10.8 Å². The van der Waals surface area contributed by atoms with E-state index in [9.17, 15) is 5.11 Å². The number of aliphatic hydroxyl groups excluding tert-OH is 1. The van der Waals surface area contributed by atoms with Gasteiger partial charge in [0.05, 0.1) is 6.61 Å². The molecule has 0 rings (SSSR count). The summed E-state index contributed by atoms with van der Waals surface area (Å²) in [5.41, 5.74) is 0.555. The molecule has 0 amide bonds. The van der Waals surface area contributed by atoms with Crippen LogP contribution in [0.25, 0.3) is 0 Å². The number of ether oxygens (including phenoxy) is 1. The number of rotatable bonds is 9. The topological polar surface area (TPSA) is 41.5 Å². The summed E-state index contributed by atoms with van der Waals surface area (Å²) < 4.78 is 4.90. The predicted octanol–water partition coefficient (Wildman–Crippen LogP) is 2.78. The smallest absolute Gasteiger partial charge is 0.128 e. The van der Waals surface area contributed by atoms with E-state index in [-0.39, 0.29) is 5.41 Å². The first-order valence-corrected chi connectivity index (χ1v) is 6.63. The number of hydrogen-bond donors (Lipinski definition) is 2. The minimum absolute atomic E-state index is 0.188. The molecule has 0 aromatic rings. The van der Waals surface area contributed by atoms with Gasteiger partial charge in [-0.3, -0.25) is 5.32 Å². The van der Waals surface area contributed by atoms with E-state index < -0.39 is 6.23 Å². The lowest BCUT2D eigenvalue weighted by Crippen LogP contribution is -2.41. The van der Waals surface area contributed by atoms with E-state index in [4.69, 9.17) is 4.74 Å². The summed E-state index contributed by atoms with van der Waals surface area (Å²) in [5.74, 6) is 0. The molecule has 0 aliphatic heterocycles. The maximum absolute atomic E-state index is 9.58. The Morgan fingerprint density at radius 3 is 2.24 bits per heavy atom. The third-order valence-corrected chi connectivity index (χ3v) is 3.02. The van der Waals surface area contributed by atoms with Crippen LogP contribution in [-0.4, -0.2) is 31.6 Å². The first-order chi connectivity index (χ1) is 7.72. The molecule has 0 spiro atoms. The average molecular weight is 245 g/mol. The Morgan fingerprint density at radius 1 is 1.18 bits per heavy atom. The van der Waals surface area contributed by atoms with Crippen molar-refractivity contribution in [3.05, 3.63) is 0 Å². The normalized spacial score (nSPS) is 15.0. The molecular weight excluding hydrogens is 214 g/mol. The van der Waals surface area contributed by atoms with Gasteiger partial charge >= 0.3 is 0 Å². The Labute approximate surface area is 107 Å². The van der Waals surface area contributed by atoms with Crippen molar-refractivity contribution >= 4 is 0 Å². The Bertz CT molecular complexity index is 202. The van der Waals surface area contributed by atoms with Gasteiger partial charge < -0.3 is 9.84 Å². The van der Waals surface area contributed by atoms with Crippen LogP contribution >= 0.6 is 0 Å². The van der Waals surface area contributed by atoms with Crippen LogP contribution in [-0.2, 0) is 4.74 Å². The van der Waals surface area contributed by atoms with Gasteiger partial charge in [0, 0.05) is 13.7 Å². The van der Waals surface area contributed by atoms with E-state index in [2.05, 4.69) is 39.9 Å². The van der Waals surface area contributed by atoms with Crippen molar-refractivity contribution in [3.8, 4) is 0 Å². The Balaban J connectivity index is 4.10. The summed E-state index contributed by atoms with van der Waals surface area (Å²) in [4.78, 5) is 0. The van der Waals surface area contributed by atoms with E-state index in [1.807, 2.05) is 0 Å². The maximum atomic E-state index is 9.58. The van der Waals surface area contributed by atoms with Crippen molar-refractivity contribution in [2.45, 2.75) is 60.1 Å². The van der Waals surface area contributed by atoms with Crippen molar-refractivity contribution < 1.29 is 9.84 Å². The molecule has 0 aliphatic rings. The summed E-state index contributed by atoms with van der Waals surface area (Å²) in [5, 5.41) is 12.7. The lowest BCUT2D eigenvalue weighted by atomic mass is 9.73. The second-order valence-electron chi connectivity index (χ2n) is 6.61. The predicted molar refractivity (Wildman–Crippen MR) is 73.0 cm³/mol. The van der Waals surface area contributed by atoms with Crippen LogP contribution in [0.3, 0.4) is 0 Å². The standard InChI is InChI=1S/C14H31NO2/c1-7-8-13(2,3)10-14(4,5)11-15-12(16)9-17-6/h12,15-16H,7-11H2,1-6H3. The minimum Gasteiger partial charge on any atom is -0.381 e. The van der Waals surface area contributed by atoms with Gasteiger partial charge in [-0.2, -0.15) is 0 Å². The molecule has 3 nitrogen and oxygen atoms in total. The Hall–Kier alpha value is -0.120. The van der Waals surface area contributed by atoms with Gasteiger partial charge in [0.2, 0.25) is 0 Å². The molecule has 1 unspecified atom stereocenters. The van der Waals surface area contributed by atoms with Crippen LogP contribution in [0.2, 0.25) is 0 Å². The Morgan fingerprint density at radius 2 is 1.76 bits per heavy atom. The average Bonchev–Trinajstić information content (AvgIpc) is 2.13. The summed E-state index contributed by atoms with van der Waals surface area (Å²) >= 11 is 0. The van der Waals surface area contributed by atoms with Gasteiger partial charge in [-0.1, -0.05) is 41.0 Å². The fourth-order valence-electron chi connectivity index (χ4n) is 2.73. The van der Waals surface area contributed by atoms with E-state index in [1.165, 1.54) is 12.8 Å². The molecule has 0 aliphatic carbocycles. The number of nitrogens with one attached hydrogen (secondary N) is 1. The number of methoxy groups -OCH3 is 1. The maximum Gasteiger partial charge on any atom is 0.128 e. The first kappa shape index (κ1) is 16.9. The molecule has 2 N–H and O–H groups in total. The number of aliphatic hydroxyl groups is 1. The molecule has 1 atom stereocenters. The molecule has 0 saturated heterocycles. The zero-order valence-electron chi connectivity index (χ0n) is 12.5. The molecule has 0 aromatic heterocycles. The molecule has 0 saturated carbocycles. The monoisotopic (exact) mass is 245 g/mol. The van der Waals surface area contributed by atoms with Crippen molar-refractivity contribution in [2.75, 3.05) is 20.3 Å². The third kappa shape index (κ3) is 8.58. The second-order valence-corrected chi connectivity index (χ2v) is 6.61. The van der Waals surface area contributed by atoms with Crippen LogP contribution in [0.15, 0.2) is 0 Å². The molecule has 0 bridgehead atoms. The van der Waals surface area contributed by atoms with Gasteiger partial charge in [0.25, 0.3) is 0 Å². The zero-order chi connectivity index (χ0) is 13.5. The first-order valence-electron chi connectivity index (χ1n) is 6.63. The van der Waals surface area contributed by atoms with E-state index in [1.54, 1.807) is 7.11 Å². The van der Waals surface area contributed by atoms with Crippen LogP contribution in [0.5, 0.6) is 0 Å². The summed E-state index contributed by atoms with van der Waals surface area (Å²) in [6, 6.07) is 0. The van der Waals surface area contributed by atoms with E-state index >= 15 is 0 Å². The van der Waals surface area contributed by atoms with Gasteiger partial charge in [0.1, 0.15) is 6.23 Å². The molecule has 0 heterocycles. The van der Waals surface area contributed by atoms with Crippen LogP contribution < -0.4 is 5.32 Å². The van der Waals surface area contributed by atoms with Crippen molar-refractivity contribution in [3.63, 3.8) is 0 Å². The second kappa shape index (κ2) is 7.34. The van der Waals surface area contributed by atoms with Crippen LogP contribution in [0.1, 0.15) is 53.9 Å². The fraction of sp³-hybridized carbons (Fsp3) is 1.00. The van der Waals surface area contributed by atoms with Gasteiger partial charge in [-0.25, -0.2) is 0 Å². The minimum atomic E-state index is -0.562. The summed E-state index contributed by atoms with van der Waals surface area (Å²) in [7, 11) is 1.60. The zero-order valence-corrected chi connectivity index (χ0v) is 12.5. The highest BCUT2D eigenvalue weighted by Gasteiger charge is 2.28. The van der Waals surface area contributed by atoms with Crippen molar-refractivity contribution in [1.29, 1.82) is 0 Å². The summed E-state index contributed by atoms with van der Waals surface area (Å²) in [6.45, 7) is 12.5. The molecule has 0 radical (unpaired) electrons.